The van der Waals surface area contributed by atoms with Crippen LogP contribution in [0, 0.1) is 0 Å². The Hall–Kier alpha value is -1.42. The molecule has 0 atom stereocenters. The van der Waals surface area contributed by atoms with Gasteiger partial charge in [-0.1, -0.05) is 30.9 Å². The summed E-state index contributed by atoms with van der Waals surface area (Å²) in [6.45, 7) is 0. The van der Waals surface area contributed by atoms with Crippen molar-refractivity contribution in [3.63, 3.8) is 0 Å². The number of pyridine rings is 1. The lowest BCUT2D eigenvalue weighted by Crippen LogP contribution is -2.06. The first-order valence-electron chi connectivity index (χ1n) is 6.37. The second-order valence-electron chi connectivity index (χ2n) is 4.73. The SMILES string of the molecule is Clc1cnccc1-c1n[nH]c(C2CCCCC2)n1. The molecule has 0 aromatic carbocycles. The molecule has 0 amide bonds. The third-order valence-corrected chi connectivity index (χ3v) is 3.81. The summed E-state index contributed by atoms with van der Waals surface area (Å²) in [5, 5.41) is 7.92. The minimum absolute atomic E-state index is 0.528. The monoisotopic (exact) mass is 262 g/mol. The molecule has 1 aliphatic rings. The van der Waals surface area contributed by atoms with Crippen LogP contribution in [-0.2, 0) is 0 Å². The molecule has 94 valence electrons. The molecule has 4 nitrogen and oxygen atoms in total. The first-order valence-corrected chi connectivity index (χ1v) is 6.74. The van der Waals surface area contributed by atoms with Gasteiger partial charge in [0.25, 0.3) is 0 Å². The number of aromatic nitrogens is 4. The molecular weight excluding hydrogens is 248 g/mol. The molecule has 0 radical (unpaired) electrons. The van der Waals surface area contributed by atoms with Crippen LogP contribution < -0.4 is 0 Å². The highest BCUT2D eigenvalue weighted by atomic mass is 35.5. The van der Waals surface area contributed by atoms with E-state index in [1.54, 1.807) is 12.4 Å². The fourth-order valence-corrected chi connectivity index (χ4v) is 2.71. The molecule has 1 saturated carbocycles. The molecule has 3 rings (SSSR count). The van der Waals surface area contributed by atoms with Crippen molar-refractivity contribution in [2.75, 3.05) is 0 Å². The second kappa shape index (κ2) is 5.06. The van der Waals surface area contributed by atoms with Crippen LogP contribution >= 0.6 is 11.6 Å². The first kappa shape index (κ1) is 11.7. The van der Waals surface area contributed by atoms with Gasteiger partial charge in [-0.05, 0) is 18.9 Å². The van der Waals surface area contributed by atoms with Gasteiger partial charge in [-0.3, -0.25) is 10.1 Å². The maximum absolute atomic E-state index is 6.10. The summed E-state index contributed by atoms with van der Waals surface area (Å²) < 4.78 is 0. The molecule has 0 spiro atoms. The topological polar surface area (TPSA) is 54.5 Å². The fraction of sp³-hybridized carbons (Fsp3) is 0.462. The second-order valence-corrected chi connectivity index (χ2v) is 5.14. The van der Waals surface area contributed by atoms with E-state index in [2.05, 4.69) is 20.2 Å². The number of aromatic amines is 1. The van der Waals surface area contributed by atoms with Gasteiger partial charge in [-0.15, -0.1) is 0 Å². The van der Waals surface area contributed by atoms with Gasteiger partial charge in [0.2, 0.25) is 0 Å². The summed E-state index contributed by atoms with van der Waals surface area (Å²) in [5.41, 5.74) is 0.838. The van der Waals surface area contributed by atoms with Crippen LogP contribution in [0.5, 0.6) is 0 Å². The Kier molecular flexibility index (Phi) is 3.28. The Morgan fingerprint density at radius 2 is 2.06 bits per heavy atom. The van der Waals surface area contributed by atoms with E-state index < -0.39 is 0 Å². The molecule has 0 aliphatic heterocycles. The van der Waals surface area contributed by atoms with E-state index >= 15 is 0 Å². The Labute approximate surface area is 111 Å². The zero-order valence-corrected chi connectivity index (χ0v) is 10.8. The van der Waals surface area contributed by atoms with Gasteiger partial charge in [-0.25, -0.2) is 4.98 Å². The summed E-state index contributed by atoms with van der Waals surface area (Å²) in [6, 6.07) is 1.84. The van der Waals surface area contributed by atoms with Gasteiger partial charge >= 0.3 is 0 Å². The van der Waals surface area contributed by atoms with Crippen molar-refractivity contribution in [3.05, 3.63) is 29.3 Å². The van der Waals surface area contributed by atoms with Crippen LogP contribution in [0.4, 0.5) is 0 Å². The van der Waals surface area contributed by atoms with Crippen LogP contribution in [0.1, 0.15) is 43.8 Å². The quantitative estimate of drug-likeness (QED) is 0.900. The van der Waals surface area contributed by atoms with Crippen molar-refractivity contribution >= 4 is 11.6 Å². The molecule has 1 N–H and O–H groups in total. The van der Waals surface area contributed by atoms with Crippen LogP contribution in [-0.4, -0.2) is 20.2 Å². The van der Waals surface area contributed by atoms with Gasteiger partial charge in [0.05, 0.1) is 5.02 Å². The van der Waals surface area contributed by atoms with E-state index in [4.69, 9.17) is 11.6 Å². The normalized spacial score (nSPS) is 16.9. The highest BCUT2D eigenvalue weighted by Crippen LogP contribution is 2.32. The Morgan fingerprint density at radius 1 is 1.22 bits per heavy atom. The van der Waals surface area contributed by atoms with E-state index in [1.807, 2.05) is 6.07 Å². The van der Waals surface area contributed by atoms with Crippen molar-refractivity contribution in [1.82, 2.24) is 20.2 Å². The van der Waals surface area contributed by atoms with Gasteiger partial charge in [0, 0.05) is 23.9 Å². The molecular formula is C13H15ClN4. The summed E-state index contributed by atoms with van der Waals surface area (Å²) in [5.74, 6) is 2.20. The third kappa shape index (κ3) is 2.25. The lowest BCUT2D eigenvalue weighted by atomic mass is 9.89. The standard InChI is InChI=1S/C13H15ClN4/c14-11-8-15-7-6-10(11)13-16-12(17-18-13)9-4-2-1-3-5-9/h6-9H,1-5H2,(H,16,17,18). The lowest BCUT2D eigenvalue weighted by Gasteiger charge is -2.18. The van der Waals surface area contributed by atoms with E-state index in [0.29, 0.717) is 16.8 Å². The summed E-state index contributed by atoms with van der Waals surface area (Å²) in [4.78, 5) is 8.56. The number of hydrogen-bond acceptors (Lipinski definition) is 3. The molecule has 0 saturated heterocycles. The van der Waals surface area contributed by atoms with E-state index in [0.717, 1.165) is 11.4 Å². The number of rotatable bonds is 2. The maximum Gasteiger partial charge on any atom is 0.182 e. The molecule has 2 aromatic heterocycles. The van der Waals surface area contributed by atoms with Crippen LogP contribution in [0.15, 0.2) is 18.5 Å². The van der Waals surface area contributed by atoms with Crippen LogP contribution in [0.3, 0.4) is 0 Å². The number of nitrogens with zero attached hydrogens (tertiary/aromatic N) is 3. The van der Waals surface area contributed by atoms with Gasteiger partial charge < -0.3 is 0 Å². The lowest BCUT2D eigenvalue weighted by molar-refractivity contribution is 0.429. The van der Waals surface area contributed by atoms with Crippen LogP contribution in [0.25, 0.3) is 11.4 Å². The number of hydrogen-bond donors (Lipinski definition) is 1. The molecule has 0 unspecified atom stereocenters. The highest BCUT2D eigenvalue weighted by Gasteiger charge is 2.20. The molecule has 5 heteroatoms. The molecule has 2 heterocycles. The largest absolute Gasteiger partial charge is 0.263 e. The Balaban J connectivity index is 1.87. The van der Waals surface area contributed by atoms with Crippen LogP contribution in [0.2, 0.25) is 5.02 Å². The summed E-state index contributed by atoms with van der Waals surface area (Å²) >= 11 is 6.10. The van der Waals surface area contributed by atoms with Crippen molar-refractivity contribution in [1.29, 1.82) is 0 Å². The zero-order chi connectivity index (χ0) is 12.4. The molecule has 18 heavy (non-hydrogen) atoms. The third-order valence-electron chi connectivity index (χ3n) is 3.51. The smallest absolute Gasteiger partial charge is 0.182 e. The predicted octanol–water partition coefficient (Wildman–Crippen LogP) is 3.57. The molecule has 1 fully saturated rings. The maximum atomic E-state index is 6.10. The van der Waals surface area contributed by atoms with Crippen molar-refractivity contribution in [3.8, 4) is 11.4 Å². The van der Waals surface area contributed by atoms with Gasteiger partial charge in [0.1, 0.15) is 5.82 Å². The first-order chi connectivity index (χ1) is 8.84. The number of halogens is 1. The van der Waals surface area contributed by atoms with E-state index in [-0.39, 0.29) is 0 Å². The molecule has 2 aromatic rings. The average molecular weight is 263 g/mol. The zero-order valence-electron chi connectivity index (χ0n) is 10.1. The number of nitrogens with one attached hydrogen (secondary N) is 1. The summed E-state index contributed by atoms with van der Waals surface area (Å²) in [7, 11) is 0. The molecule has 0 bridgehead atoms. The highest BCUT2D eigenvalue weighted by molar-refractivity contribution is 6.33. The predicted molar refractivity (Wildman–Crippen MR) is 70.4 cm³/mol. The van der Waals surface area contributed by atoms with Gasteiger partial charge in [0.15, 0.2) is 5.82 Å². The van der Waals surface area contributed by atoms with Crippen molar-refractivity contribution in [2.45, 2.75) is 38.0 Å². The van der Waals surface area contributed by atoms with Crippen molar-refractivity contribution in [2.24, 2.45) is 0 Å². The Bertz CT molecular complexity index is 531. The minimum atomic E-state index is 0.528. The Morgan fingerprint density at radius 3 is 2.83 bits per heavy atom. The van der Waals surface area contributed by atoms with E-state index in [1.165, 1.54) is 32.1 Å². The van der Waals surface area contributed by atoms with Crippen molar-refractivity contribution < 1.29 is 0 Å². The molecule has 1 aliphatic carbocycles. The van der Waals surface area contributed by atoms with E-state index in [9.17, 15) is 0 Å². The van der Waals surface area contributed by atoms with Gasteiger partial charge in [-0.2, -0.15) is 5.10 Å². The minimum Gasteiger partial charge on any atom is -0.263 e. The average Bonchev–Trinajstić information content (AvgIpc) is 2.90. The summed E-state index contributed by atoms with van der Waals surface area (Å²) in [6.07, 6.45) is 9.66. The fourth-order valence-electron chi connectivity index (χ4n) is 2.51. The number of H-pyrrole nitrogens is 1.